The number of nitrogens with one attached hydrogen (secondary N) is 1. The first-order valence-electron chi connectivity index (χ1n) is 9.05. The molecule has 0 radical (unpaired) electrons. The van der Waals surface area contributed by atoms with Gasteiger partial charge in [-0.1, -0.05) is 55.8 Å². The minimum Gasteiger partial charge on any atom is -0.465 e. The van der Waals surface area contributed by atoms with Gasteiger partial charge in [-0.3, -0.25) is 4.79 Å². The molecule has 0 aliphatic heterocycles. The topological polar surface area (TPSA) is 38.3 Å². The Kier molecular flexibility index (Phi) is 5.44. The molecule has 0 spiro atoms. The molecule has 0 heterocycles. The monoisotopic (exact) mass is 377 g/mol. The maximum Gasteiger partial charge on any atom is 0.416 e. The molecule has 0 saturated carbocycles. The van der Waals surface area contributed by atoms with Crippen LogP contribution in [0, 0.1) is 5.92 Å². The second-order valence-electron chi connectivity index (χ2n) is 6.73. The molecule has 3 nitrogen and oxygen atoms in total. The second-order valence-corrected chi connectivity index (χ2v) is 6.73. The summed E-state index contributed by atoms with van der Waals surface area (Å²) < 4.78 is 48.7. The molecule has 2 aromatic rings. The standard InChI is InChI=1S/C21H22F3NO2/c1-2-3-13-27-19(26)18-14-15-9-7-8-12-17(15)20(18,21(22,23)24)25-16-10-5-4-6-11-16/h4-12,18,25H,2-3,13-14H2,1H3/t18-,20-/m1/s1. The number of anilines is 1. The Morgan fingerprint density at radius 2 is 1.81 bits per heavy atom. The molecule has 144 valence electrons. The lowest BCUT2D eigenvalue weighted by Gasteiger charge is -2.38. The van der Waals surface area contributed by atoms with Crippen LogP contribution >= 0.6 is 0 Å². The van der Waals surface area contributed by atoms with Crippen LogP contribution in [0.5, 0.6) is 0 Å². The number of benzene rings is 2. The zero-order valence-electron chi connectivity index (χ0n) is 15.1. The van der Waals surface area contributed by atoms with Crippen LogP contribution in [0.4, 0.5) is 18.9 Å². The van der Waals surface area contributed by atoms with Crippen molar-refractivity contribution in [1.82, 2.24) is 0 Å². The van der Waals surface area contributed by atoms with E-state index in [9.17, 15) is 18.0 Å². The van der Waals surface area contributed by atoms with E-state index < -0.39 is 23.6 Å². The van der Waals surface area contributed by atoms with Crippen molar-refractivity contribution in [3.8, 4) is 0 Å². The molecule has 3 rings (SSSR count). The number of fused-ring (bicyclic) bond motifs is 1. The summed E-state index contributed by atoms with van der Waals surface area (Å²) in [5, 5.41) is 2.65. The van der Waals surface area contributed by atoms with Crippen LogP contribution in [-0.2, 0) is 21.5 Å². The van der Waals surface area contributed by atoms with Crippen LogP contribution in [-0.4, -0.2) is 18.8 Å². The van der Waals surface area contributed by atoms with Gasteiger partial charge in [0.1, 0.15) is 0 Å². The van der Waals surface area contributed by atoms with Gasteiger partial charge in [0.25, 0.3) is 0 Å². The molecule has 1 aliphatic carbocycles. The lowest BCUT2D eigenvalue weighted by atomic mass is 9.82. The molecule has 0 unspecified atom stereocenters. The van der Waals surface area contributed by atoms with Gasteiger partial charge in [-0.15, -0.1) is 0 Å². The summed E-state index contributed by atoms with van der Waals surface area (Å²) >= 11 is 0. The number of alkyl halides is 3. The van der Waals surface area contributed by atoms with E-state index in [4.69, 9.17) is 4.74 Å². The average Bonchev–Trinajstić information content (AvgIpc) is 2.98. The van der Waals surface area contributed by atoms with Crippen LogP contribution in [0.1, 0.15) is 30.9 Å². The van der Waals surface area contributed by atoms with Gasteiger partial charge in [0.05, 0.1) is 12.5 Å². The number of hydrogen-bond donors (Lipinski definition) is 1. The number of carbonyl (C=O) groups is 1. The summed E-state index contributed by atoms with van der Waals surface area (Å²) in [6, 6.07) is 14.5. The Morgan fingerprint density at radius 1 is 1.15 bits per heavy atom. The van der Waals surface area contributed by atoms with Crippen molar-refractivity contribution >= 4 is 11.7 Å². The van der Waals surface area contributed by atoms with Crippen LogP contribution in [0.3, 0.4) is 0 Å². The zero-order valence-corrected chi connectivity index (χ0v) is 15.1. The molecule has 0 aromatic heterocycles. The molecule has 0 fully saturated rings. The number of para-hydroxylation sites is 1. The molecule has 0 saturated heterocycles. The third kappa shape index (κ3) is 3.53. The van der Waals surface area contributed by atoms with E-state index in [1.165, 1.54) is 6.07 Å². The molecule has 2 aromatic carbocycles. The second kappa shape index (κ2) is 7.62. The Labute approximate surface area is 156 Å². The number of esters is 1. The number of halogens is 3. The zero-order chi connectivity index (χ0) is 19.5. The fraction of sp³-hybridized carbons (Fsp3) is 0.381. The first-order chi connectivity index (χ1) is 12.9. The van der Waals surface area contributed by atoms with Gasteiger partial charge < -0.3 is 10.1 Å². The van der Waals surface area contributed by atoms with Crippen molar-refractivity contribution in [2.45, 2.75) is 37.9 Å². The summed E-state index contributed by atoms with van der Waals surface area (Å²) in [5.41, 5.74) is -1.62. The third-order valence-electron chi connectivity index (χ3n) is 4.98. The van der Waals surface area contributed by atoms with Gasteiger partial charge >= 0.3 is 12.1 Å². The highest BCUT2D eigenvalue weighted by Gasteiger charge is 2.66. The Morgan fingerprint density at radius 3 is 2.48 bits per heavy atom. The van der Waals surface area contributed by atoms with Gasteiger partial charge in [0, 0.05) is 5.69 Å². The van der Waals surface area contributed by atoms with E-state index in [1.807, 2.05) is 6.92 Å². The quantitative estimate of drug-likeness (QED) is 0.564. The van der Waals surface area contributed by atoms with Crippen LogP contribution in [0.15, 0.2) is 54.6 Å². The lowest BCUT2D eigenvalue weighted by Crippen LogP contribution is -2.55. The highest BCUT2D eigenvalue weighted by molar-refractivity contribution is 5.78. The SMILES string of the molecule is CCCCOC(=O)[C@H]1Cc2ccccc2[C@]1(Nc1ccccc1)C(F)(F)F. The number of hydrogen-bond acceptors (Lipinski definition) is 3. The van der Waals surface area contributed by atoms with Crippen molar-refractivity contribution in [3.63, 3.8) is 0 Å². The van der Waals surface area contributed by atoms with Gasteiger partial charge in [-0.25, -0.2) is 0 Å². The van der Waals surface area contributed by atoms with Gasteiger partial charge in [0.15, 0.2) is 5.54 Å². The summed E-state index contributed by atoms with van der Waals surface area (Å²) in [6.45, 7) is 2.05. The molecule has 27 heavy (non-hydrogen) atoms. The molecular weight excluding hydrogens is 355 g/mol. The number of carbonyl (C=O) groups excluding carboxylic acids is 1. The minimum absolute atomic E-state index is 0.0134. The summed E-state index contributed by atoms with van der Waals surface area (Å²) in [4.78, 5) is 12.7. The van der Waals surface area contributed by atoms with Crippen LogP contribution in [0.25, 0.3) is 0 Å². The van der Waals surface area contributed by atoms with E-state index in [0.717, 1.165) is 6.42 Å². The molecule has 0 bridgehead atoms. The van der Waals surface area contributed by atoms with Crippen molar-refractivity contribution in [1.29, 1.82) is 0 Å². The summed E-state index contributed by atoms with van der Waals surface area (Å²) in [6.07, 6.45) is -3.29. The largest absolute Gasteiger partial charge is 0.465 e. The first kappa shape index (κ1) is 19.3. The smallest absolute Gasteiger partial charge is 0.416 e. The van der Waals surface area contributed by atoms with Crippen molar-refractivity contribution in [3.05, 3.63) is 65.7 Å². The van der Waals surface area contributed by atoms with Gasteiger partial charge in [0.2, 0.25) is 0 Å². The van der Waals surface area contributed by atoms with Crippen LogP contribution in [0.2, 0.25) is 0 Å². The molecule has 2 atom stereocenters. The Balaban J connectivity index is 2.07. The number of rotatable bonds is 6. The van der Waals surface area contributed by atoms with E-state index in [-0.39, 0.29) is 18.6 Å². The predicted molar refractivity (Wildman–Crippen MR) is 97.3 cm³/mol. The highest BCUT2D eigenvalue weighted by atomic mass is 19.4. The maximum atomic E-state index is 14.5. The lowest BCUT2D eigenvalue weighted by molar-refractivity contribution is -0.202. The molecular formula is C21H22F3NO2. The summed E-state index contributed by atoms with van der Waals surface area (Å²) in [5.74, 6) is -2.20. The van der Waals surface area contributed by atoms with E-state index >= 15 is 0 Å². The van der Waals surface area contributed by atoms with Crippen molar-refractivity contribution < 1.29 is 22.7 Å². The average molecular weight is 377 g/mol. The van der Waals surface area contributed by atoms with Gasteiger partial charge in [-0.2, -0.15) is 13.2 Å². The molecule has 1 aliphatic rings. The van der Waals surface area contributed by atoms with E-state index in [1.54, 1.807) is 48.5 Å². The Hall–Kier alpha value is -2.50. The van der Waals surface area contributed by atoms with Crippen molar-refractivity contribution in [2.24, 2.45) is 5.92 Å². The van der Waals surface area contributed by atoms with Gasteiger partial charge in [-0.05, 0) is 36.1 Å². The Bertz CT molecular complexity index is 792. The van der Waals surface area contributed by atoms with E-state index in [0.29, 0.717) is 17.7 Å². The van der Waals surface area contributed by atoms with Crippen LogP contribution < -0.4 is 5.32 Å². The molecule has 0 amide bonds. The molecule has 6 heteroatoms. The fourth-order valence-electron chi connectivity index (χ4n) is 3.65. The number of ether oxygens (including phenoxy) is 1. The number of unbranched alkanes of at least 4 members (excludes halogenated alkanes) is 1. The third-order valence-corrected chi connectivity index (χ3v) is 4.98. The maximum absolute atomic E-state index is 14.5. The first-order valence-corrected chi connectivity index (χ1v) is 9.05. The normalized spacial score (nSPS) is 21.6. The molecule has 1 N–H and O–H groups in total. The highest BCUT2D eigenvalue weighted by Crippen LogP contribution is 2.53. The van der Waals surface area contributed by atoms with Crippen molar-refractivity contribution in [2.75, 3.05) is 11.9 Å². The fourth-order valence-corrected chi connectivity index (χ4v) is 3.65. The van der Waals surface area contributed by atoms with E-state index in [2.05, 4.69) is 5.32 Å². The minimum atomic E-state index is -4.69. The summed E-state index contributed by atoms with van der Waals surface area (Å²) in [7, 11) is 0. The predicted octanol–water partition coefficient (Wildman–Crippen LogP) is 5.07.